The predicted molar refractivity (Wildman–Crippen MR) is 79.1 cm³/mol. The summed E-state index contributed by atoms with van der Waals surface area (Å²) in [6, 6.07) is 5.53. The van der Waals surface area contributed by atoms with Crippen molar-refractivity contribution in [3.8, 4) is 10.6 Å². The molecule has 1 unspecified atom stereocenters. The Morgan fingerprint density at radius 1 is 1.24 bits per heavy atom. The van der Waals surface area contributed by atoms with E-state index in [1.165, 1.54) is 23.5 Å². The van der Waals surface area contributed by atoms with Gasteiger partial charge < -0.3 is 5.32 Å². The third-order valence-electron chi connectivity index (χ3n) is 3.25. The molecule has 1 aromatic heterocycles. The van der Waals surface area contributed by atoms with Gasteiger partial charge in [0, 0.05) is 23.5 Å². The highest BCUT2D eigenvalue weighted by Crippen LogP contribution is 2.31. The van der Waals surface area contributed by atoms with E-state index in [4.69, 9.17) is 0 Å². The lowest BCUT2D eigenvalue weighted by Crippen LogP contribution is -2.24. The summed E-state index contributed by atoms with van der Waals surface area (Å²) in [6.07, 6.45) is -3.26. The van der Waals surface area contributed by atoms with Crippen LogP contribution in [-0.4, -0.2) is 11.0 Å². The first-order chi connectivity index (χ1) is 9.90. The zero-order chi connectivity index (χ0) is 15.5. The van der Waals surface area contributed by atoms with Crippen molar-refractivity contribution < 1.29 is 13.2 Å². The number of hydrogen-bond donors (Lipinski definition) is 1. The van der Waals surface area contributed by atoms with Crippen molar-refractivity contribution in [3.63, 3.8) is 0 Å². The van der Waals surface area contributed by atoms with Crippen molar-refractivity contribution in [2.24, 2.45) is 0 Å². The molecule has 114 valence electrons. The van der Waals surface area contributed by atoms with Crippen molar-refractivity contribution in [3.05, 3.63) is 40.9 Å². The van der Waals surface area contributed by atoms with Crippen molar-refractivity contribution >= 4 is 11.3 Å². The van der Waals surface area contributed by atoms with Crippen LogP contribution in [0.5, 0.6) is 0 Å². The molecule has 2 rings (SSSR count). The Labute approximate surface area is 126 Å². The van der Waals surface area contributed by atoms with Gasteiger partial charge >= 0.3 is 6.18 Å². The molecule has 0 saturated carbocycles. The second kappa shape index (κ2) is 6.58. The highest BCUT2D eigenvalue weighted by Gasteiger charge is 2.30. The van der Waals surface area contributed by atoms with Crippen LogP contribution in [0.15, 0.2) is 29.6 Å². The van der Waals surface area contributed by atoms with Gasteiger partial charge in [0.1, 0.15) is 5.01 Å². The fourth-order valence-corrected chi connectivity index (χ4v) is 2.57. The summed E-state index contributed by atoms with van der Waals surface area (Å²) >= 11 is 1.44. The summed E-state index contributed by atoms with van der Waals surface area (Å²) in [7, 11) is 0. The molecule has 0 aliphatic heterocycles. The van der Waals surface area contributed by atoms with E-state index in [0.29, 0.717) is 18.2 Å². The minimum absolute atomic E-state index is 0.418. The number of thiazole rings is 1. The summed E-state index contributed by atoms with van der Waals surface area (Å²) in [5, 5.41) is 6.01. The van der Waals surface area contributed by atoms with Crippen molar-refractivity contribution in [2.75, 3.05) is 0 Å². The molecular formula is C15H17F3N2S. The monoisotopic (exact) mass is 314 g/mol. The Morgan fingerprint density at radius 2 is 1.90 bits per heavy atom. The molecule has 0 aliphatic rings. The van der Waals surface area contributed by atoms with Gasteiger partial charge in [-0.3, -0.25) is 0 Å². The molecule has 6 heteroatoms. The molecular weight excluding hydrogens is 297 g/mol. The molecule has 0 aliphatic carbocycles. The molecule has 21 heavy (non-hydrogen) atoms. The highest BCUT2D eigenvalue weighted by molar-refractivity contribution is 7.13. The standard InChI is InChI=1S/C15H17F3N2S/c1-3-10(2)19-8-13-9-21-14(20-13)11-4-6-12(7-5-11)15(16,17)18/h4-7,9-10,19H,3,8H2,1-2H3. The van der Waals surface area contributed by atoms with Gasteiger partial charge in [-0.05, 0) is 25.5 Å². The number of aromatic nitrogens is 1. The van der Waals surface area contributed by atoms with E-state index in [2.05, 4.69) is 24.1 Å². The summed E-state index contributed by atoms with van der Waals surface area (Å²) in [5.74, 6) is 0. The van der Waals surface area contributed by atoms with Crippen molar-refractivity contribution in [2.45, 2.75) is 39.0 Å². The fraction of sp³-hybridized carbons (Fsp3) is 0.400. The van der Waals surface area contributed by atoms with Crippen molar-refractivity contribution in [1.82, 2.24) is 10.3 Å². The summed E-state index contributed by atoms with van der Waals surface area (Å²) < 4.78 is 37.5. The molecule has 1 N–H and O–H groups in total. The number of benzene rings is 1. The molecule has 0 amide bonds. The molecule has 1 atom stereocenters. The fourth-order valence-electron chi connectivity index (χ4n) is 1.75. The first-order valence-electron chi connectivity index (χ1n) is 6.75. The minimum Gasteiger partial charge on any atom is -0.309 e. The number of alkyl halides is 3. The van der Waals surface area contributed by atoms with Crippen LogP contribution in [0.25, 0.3) is 10.6 Å². The molecule has 0 bridgehead atoms. The maximum absolute atomic E-state index is 12.5. The third kappa shape index (κ3) is 4.28. The molecule has 1 aromatic carbocycles. The van der Waals surface area contributed by atoms with Crippen LogP contribution in [0.2, 0.25) is 0 Å². The first-order valence-corrected chi connectivity index (χ1v) is 7.63. The molecule has 0 saturated heterocycles. The number of hydrogen-bond acceptors (Lipinski definition) is 3. The second-order valence-electron chi connectivity index (χ2n) is 4.91. The van der Waals surface area contributed by atoms with Gasteiger partial charge in [-0.15, -0.1) is 11.3 Å². The first kappa shape index (κ1) is 16.0. The van der Waals surface area contributed by atoms with Crippen LogP contribution < -0.4 is 5.32 Å². The van der Waals surface area contributed by atoms with Crippen molar-refractivity contribution in [1.29, 1.82) is 0 Å². The zero-order valence-corrected chi connectivity index (χ0v) is 12.7. The van der Waals surface area contributed by atoms with E-state index >= 15 is 0 Å². The zero-order valence-electron chi connectivity index (χ0n) is 11.9. The number of nitrogens with zero attached hydrogens (tertiary/aromatic N) is 1. The van der Waals surface area contributed by atoms with Gasteiger partial charge in [-0.2, -0.15) is 13.2 Å². The summed E-state index contributed by atoms with van der Waals surface area (Å²) in [5.41, 5.74) is 0.986. The number of halogens is 3. The van der Waals surface area contributed by atoms with E-state index in [1.807, 2.05) is 5.38 Å². The van der Waals surface area contributed by atoms with Crippen LogP contribution in [0.1, 0.15) is 31.5 Å². The maximum Gasteiger partial charge on any atom is 0.416 e. The Balaban J connectivity index is 2.07. The Morgan fingerprint density at radius 3 is 2.48 bits per heavy atom. The Hall–Kier alpha value is -1.40. The van der Waals surface area contributed by atoms with Crippen LogP contribution in [0, 0.1) is 0 Å². The largest absolute Gasteiger partial charge is 0.416 e. The van der Waals surface area contributed by atoms with Gasteiger partial charge in [-0.1, -0.05) is 19.1 Å². The minimum atomic E-state index is -4.30. The van der Waals surface area contributed by atoms with Crippen LogP contribution >= 0.6 is 11.3 Å². The molecule has 0 spiro atoms. The maximum atomic E-state index is 12.5. The lowest BCUT2D eigenvalue weighted by molar-refractivity contribution is -0.137. The van der Waals surface area contributed by atoms with Gasteiger partial charge in [0.25, 0.3) is 0 Å². The SMILES string of the molecule is CCC(C)NCc1csc(-c2ccc(C(F)(F)F)cc2)n1. The molecule has 2 nitrogen and oxygen atoms in total. The Kier molecular flexibility index (Phi) is 5.00. The molecule has 0 radical (unpaired) electrons. The average Bonchev–Trinajstić information content (AvgIpc) is 2.93. The van der Waals surface area contributed by atoms with E-state index in [-0.39, 0.29) is 0 Å². The topological polar surface area (TPSA) is 24.9 Å². The molecule has 2 aromatic rings. The van der Waals surface area contributed by atoms with E-state index < -0.39 is 11.7 Å². The number of nitrogens with one attached hydrogen (secondary N) is 1. The lowest BCUT2D eigenvalue weighted by atomic mass is 10.1. The quantitative estimate of drug-likeness (QED) is 0.864. The van der Waals surface area contributed by atoms with Crippen LogP contribution in [0.3, 0.4) is 0 Å². The van der Waals surface area contributed by atoms with Crippen LogP contribution in [-0.2, 0) is 12.7 Å². The second-order valence-corrected chi connectivity index (χ2v) is 5.77. The van der Waals surface area contributed by atoms with Gasteiger partial charge in [-0.25, -0.2) is 4.98 Å². The average molecular weight is 314 g/mol. The van der Waals surface area contributed by atoms with Gasteiger partial charge in [0.15, 0.2) is 0 Å². The normalized spacial score (nSPS) is 13.4. The van der Waals surface area contributed by atoms with E-state index in [0.717, 1.165) is 29.3 Å². The highest BCUT2D eigenvalue weighted by atomic mass is 32.1. The lowest BCUT2D eigenvalue weighted by Gasteiger charge is -2.09. The van der Waals surface area contributed by atoms with Crippen LogP contribution in [0.4, 0.5) is 13.2 Å². The number of rotatable bonds is 5. The Bertz CT molecular complexity index is 575. The molecule has 1 heterocycles. The van der Waals surface area contributed by atoms with Gasteiger partial charge in [0.05, 0.1) is 11.3 Å². The van der Waals surface area contributed by atoms with E-state index in [1.54, 1.807) is 0 Å². The van der Waals surface area contributed by atoms with Gasteiger partial charge in [0.2, 0.25) is 0 Å². The summed E-state index contributed by atoms with van der Waals surface area (Å²) in [4.78, 5) is 4.45. The smallest absolute Gasteiger partial charge is 0.309 e. The molecule has 0 fully saturated rings. The van der Waals surface area contributed by atoms with E-state index in [9.17, 15) is 13.2 Å². The summed E-state index contributed by atoms with van der Waals surface area (Å²) in [6.45, 7) is 4.88. The third-order valence-corrected chi connectivity index (χ3v) is 4.20. The predicted octanol–water partition coefficient (Wildman–Crippen LogP) is 4.72.